The maximum absolute atomic E-state index is 12.5. The number of nitrogens with one attached hydrogen (secondary N) is 2. The minimum absolute atomic E-state index is 0.105. The summed E-state index contributed by atoms with van der Waals surface area (Å²) in [7, 11) is 1.32. The highest BCUT2D eigenvalue weighted by molar-refractivity contribution is 6.30. The van der Waals surface area contributed by atoms with Gasteiger partial charge in [-0.15, -0.1) is 0 Å². The Kier molecular flexibility index (Phi) is 7.99. The zero-order valence-corrected chi connectivity index (χ0v) is 18.1. The van der Waals surface area contributed by atoms with Gasteiger partial charge in [0.15, 0.2) is 11.5 Å². The van der Waals surface area contributed by atoms with E-state index in [0.717, 1.165) is 0 Å². The van der Waals surface area contributed by atoms with Gasteiger partial charge in [-0.25, -0.2) is 0 Å². The molecule has 0 bridgehead atoms. The molecule has 0 aromatic heterocycles. The summed E-state index contributed by atoms with van der Waals surface area (Å²) in [5.41, 5.74) is 1.75. The molecule has 0 aliphatic rings. The lowest BCUT2D eigenvalue weighted by atomic mass is 10.2. The van der Waals surface area contributed by atoms with Gasteiger partial charge in [0.2, 0.25) is 5.91 Å². The van der Waals surface area contributed by atoms with E-state index in [-0.39, 0.29) is 17.4 Å². The number of carbonyl (C=O) groups excluding carboxylic acids is 2. The third kappa shape index (κ3) is 6.78. The molecule has 0 aliphatic carbocycles. The first kappa shape index (κ1) is 23.7. The molecule has 33 heavy (non-hydrogen) atoms. The first-order valence-corrected chi connectivity index (χ1v) is 10.0. The third-order valence-corrected chi connectivity index (χ3v) is 4.62. The van der Waals surface area contributed by atoms with E-state index in [0.29, 0.717) is 27.5 Å². The van der Waals surface area contributed by atoms with Crippen LogP contribution in [0.4, 0.5) is 20.2 Å². The van der Waals surface area contributed by atoms with Crippen molar-refractivity contribution in [2.75, 3.05) is 17.7 Å². The molecule has 3 rings (SSSR count). The first-order valence-electron chi connectivity index (χ1n) is 9.63. The summed E-state index contributed by atoms with van der Waals surface area (Å²) in [6.07, 6.45) is 2.75. The van der Waals surface area contributed by atoms with Crippen molar-refractivity contribution in [2.24, 2.45) is 0 Å². The zero-order chi connectivity index (χ0) is 23.8. The lowest BCUT2D eigenvalue weighted by Gasteiger charge is -2.11. The van der Waals surface area contributed by atoms with Crippen LogP contribution in [-0.2, 0) is 4.79 Å². The minimum atomic E-state index is -2.98. The molecule has 6 nitrogen and oxygen atoms in total. The Bertz CT molecular complexity index is 1170. The maximum Gasteiger partial charge on any atom is 0.387 e. The van der Waals surface area contributed by atoms with Gasteiger partial charge in [0, 0.05) is 16.7 Å². The number of anilines is 2. The standard InChI is InChI=1S/C24H19ClF2N2O4/c1-32-21-14-15(6-12-20(21)33-24(26)27)7-13-22(30)28-18-4-2-3-5-19(18)29-23(31)16-8-10-17(25)11-9-16/h2-14,24H,1H3,(H,28,30)(H,29,31)/b13-7+. The number of rotatable bonds is 8. The van der Waals surface area contributed by atoms with E-state index in [1.165, 1.54) is 37.5 Å². The van der Waals surface area contributed by atoms with Crippen LogP contribution in [0.15, 0.2) is 72.8 Å². The number of carbonyl (C=O) groups is 2. The highest BCUT2D eigenvalue weighted by Crippen LogP contribution is 2.30. The number of ether oxygens (including phenoxy) is 2. The molecule has 0 atom stereocenters. The quantitative estimate of drug-likeness (QED) is 0.403. The molecule has 0 radical (unpaired) electrons. The highest BCUT2D eigenvalue weighted by atomic mass is 35.5. The molecule has 0 saturated heterocycles. The maximum atomic E-state index is 12.5. The van der Waals surface area contributed by atoms with Gasteiger partial charge in [0.1, 0.15) is 0 Å². The van der Waals surface area contributed by atoms with Gasteiger partial charge in [-0.3, -0.25) is 9.59 Å². The Labute approximate surface area is 193 Å². The van der Waals surface area contributed by atoms with Crippen molar-refractivity contribution >= 4 is 40.9 Å². The Morgan fingerprint density at radius 2 is 1.61 bits per heavy atom. The first-order chi connectivity index (χ1) is 15.9. The van der Waals surface area contributed by atoms with Gasteiger partial charge in [0.05, 0.1) is 18.5 Å². The smallest absolute Gasteiger partial charge is 0.387 e. The molecule has 0 heterocycles. The van der Waals surface area contributed by atoms with Gasteiger partial charge in [-0.05, 0) is 60.2 Å². The second kappa shape index (κ2) is 11.1. The highest BCUT2D eigenvalue weighted by Gasteiger charge is 2.12. The van der Waals surface area contributed by atoms with Crippen LogP contribution < -0.4 is 20.1 Å². The van der Waals surface area contributed by atoms with E-state index in [9.17, 15) is 18.4 Å². The number of benzene rings is 3. The van der Waals surface area contributed by atoms with Gasteiger partial charge in [-0.1, -0.05) is 29.8 Å². The van der Waals surface area contributed by atoms with Crippen molar-refractivity contribution < 1.29 is 27.8 Å². The number of amides is 2. The van der Waals surface area contributed by atoms with Crippen LogP contribution in [0, 0.1) is 0 Å². The van der Waals surface area contributed by atoms with E-state index >= 15 is 0 Å². The Balaban J connectivity index is 1.69. The summed E-state index contributed by atoms with van der Waals surface area (Å²) >= 11 is 5.85. The van der Waals surface area contributed by atoms with Crippen LogP contribution in [0.2, 0.25) is 5.02 Å². The number of alkyl halides is 2. The normalized spacial score (nSPS) is 10.8. The van der Waals surface area contributed by atoms with E-state index in [1.54, 1.807) is 48.5 Å². The van der Waals surface area contributed by atoms with Gasteiger partial charge in [-0.2, -0.15) is 8.78 Å². The molecule has 2 N–H and O–H groups in total. The lowest BCUT2D eigenvalue weighted by Crippen LogP contribution is -2.15. The fourth-order valence-corrected chi connectivity index (χ4v) is 2.95. The second-order valence-corrected chi connectivity index (χ2v) is 7.05. The third-order valence-electron chi connectivity index (χ3n) is 4.37. The van der Waals surface area contributed by atoms with Crippen molar-refractivity contribution in [3.8, 4) is 11.5 Å². The summed E-state index contributed by atoms with van der Waals surface area (Å²) in [5.74, 6) is -0.829. The number of para-hydroxylation sites is 2. The summed E-state index contributed by atoms with van der Waals surface area (Å²) in [6.45, 7) is -2.98. The van der Waals surface area contributed by atoms with E-state index in [1.807, 2.05) is 0 Å². The van der Waals surface area contributed by atoms with Crippen molar-refractivity contribution in [3.05, 3.63) is 89.0 Å². The molecule has 3 aromatic carbocycles. The van der Waals surface area contributed by atoms with Gasteiger partial charge in [0.25, 0.3) is 5.91 Å². The van der Waals surface area contributed by atoms with Crippen LogP contribution in [0.3, 0.4) is 0 Å². The molecule has 2 amide bonds. The van der Waals surface area contributed by atoms with E-state index in [4.69, 9.17) is 16.3 Å². The topological polar surface area (TPSA) is 76.7 Å². The SMILES string of the molecule is COc1cc(/C=C/C(=O)Nc2ccccc2NC(=O)c2ccc(Cl)cc2)ccc1OC(F)F. The van der Waals surface area contributed by atoms with Crippen LogP contribution in [0.25, 0.3) is 6.08 Å². The summed E-state index contributed by atoms with van der Waals surface area (Å²) < 4.78 is 34.3. The van der Waals surface area contributed by atoms with Crippen molar-refractivity contribution in [1.82, 2.24) is 0 Å². The molecular weight excluding hydrogens is 454 g/mol. The van der Waals surface area contributed by atoms with Crippen molar-refractivity contribution in [2.45, 2.75) is 6.61 Å². The van der Waals surface area contributed by atoms with Crippen molar-refractivity contribution in [3.63, 3.8) is 0 Å². The predicted molar refractivity (Wildman–Crippen MR) is 123 cm³/mol. The molecule has 0 unspecified atom stereocenters. The molecule has 0 saturated carbocycles. The number of hydrogen-bond acceptors (Lipinski definition) is 4. The molecule has 0 spiro atoms. The summed E-state index contributed by atoms with van der Waals surface area (Å²) in [5, 5.41) is 5.96. The number of methoxy groups -OCH3 is 1. The molecule has 9 heteroatoms. The lowest BCUT2D eigenvalue weighted by molar-refractivity contribution is -0.111. The molecular formula is C24H19ClF2N2O4. The van der Waals surface area contributed by atoms with Gasteiger partial charge >= 0.3 is 6.61 Å². The van der Waals surface area contributed by atoms with E-state index < -0.39 is 12.5 Å². The monoisotopic (exact) mass is 472 g/mol. The number of hydrogen-bond donors (Lipinski definition) is 2. The fraction of sp³-hybridized carbons (Fsp3) is 0.0833. The van der Waals surface area contributed by atoms with E-state index in [2.05, 4.69) is 15.4 Å². The van der Waals surface area contributed by atoms with Gasteiger partial charge < -0.3 is 20.1 Å². The molecule has 0 aliphatic heterocycles. The predicted octanol–water partition coefficient (Wildman–Crippen LogP) is 5.85. The molecule has 0 fully saturated rings. The van der Waals surface area contributed by atoms with Crippen LogP contribution in [-0.4, -0.2) is 25.5 Å². The molecule has 3 aromatic rings. The summed E-state index contributed by atoms with van der Waals surface area (Å²) in [6, 6.07) is 17.4. The van der Waals surface area contributed by atoms with Crippen molar-refractivity contribution in [1.29, 1.82) is 0 Å². The van der Waals surface area contributed by atoms with Crippen LogP contribution in [0.1, 0.15) is 15.9 Å². The van der Waals surface area contributed by atoms with Crippen LogP contribution in [0.5, 0.6) is 11.5 Å². The largest absolute Gasteiger partial charge is 0.493 e. The Morgan fingerprint density at radius 1 is 0.939 bits per heavy atom. The second-order valence-electron chi connectivity index (χ2n) is 6.62. The fourth-order valence-electron chi connectivity index (χ4n) is 2.82. The Hall–Kier alpha value is -3.91. The number of halogens is 3. The van der Waals surface area contributed by atoms with Crippen LogP contribution >= 0.6 is 11.6 Å². The average Bonchev–Trinajstić information content (AvgIpc) is 2.79. The average molecular weight is 473 g/mol. The zero-order valence-electron chi connectivity index (χ0n) is 17.3. The molecule has 170 valence electrons. The summed E-state index contributed by atoms with van der Waals surface area (Å²) in [4.78, 5) is 24.9. The Morgan fingerprint density at radius 3 is 2.24 bits per heavy atom. The minimum Gasteiger partial charge on any atom is -0.493 e.